The van der Waals surface area contributed by atoms with Crippen molar-refractivity contribution in [1.29, 1.82) is 0 Å². The molecule has 0 spiro atoms. The first-order valence-electron chi connectivity index (χ1n) is 0.887. The first-order chi connectivity index (χ1) is 1.91. The van der Waals surface area contributed by atoms with E-state index in [9.17, 15) is 0 Å². The van der Waals surface area contributed by atoms with Crippen LogP contribution in [0.1, 0.15) is 0 Å². The van der Waals surface area contributed by atoms with E-state index < -0.39 is 0 Å². The number of nitrogens with one attached hydrogen (secondary N) is 1. The lowest BCUT2D eigenvalue weighted by atomic mass is 11.6. The molecule has 0 heterocycles. The van der Waals surface area contributed by atoms with Crippen LogP contribution in [0.4, 0.5) is 0 Å². The van der Waals surface area contributed by atoms with Gasteiger partial charge >= 0.3 is 0 Å². The van der Waals surface area contributed by atoms with Crippen LogP contribution >= 0.6 is 0 Å². The van der Waals surface area contributed by atoms with Crippen molar-refractivity contribution >= 4 is 0 Å². The molecule has 0 unspecified atom stereocenters. The van der Waals surface area contributed by atoms with Gasteiger partial charge in [-0.15, -0.1) is 4.99 Å². The Morgan fingerprint density at radius 1 is 2.00 bits per heavy atom. The van der Waals surface area contributed by atoms with E-state index in [-0.39, 0.29) is 0 Å². The smallest absolute Gasteiger partial charge is 0.0125 e. The summed E-state index contributed by atoms with van der Waals surface area (Å²) >= 11 is 0. The Balaban J connectivity index is 1.97. The zero-order chi connectivity index (χ0) is 3.41. The molecular formula is CH5NO2. The fourth-order valence-electron chi connectivity index (χ4n) is 0. The average Bonchev–Trinajstić information content (AvgIpc) is 1.37. The van der Waals surface area contributed by atoms with Gasteiger partial charge in [0.15, 0.2) is 0 Å². The van der Waals surface area contributed by atoms with Crippen molar-refractivity contribution in [2.24, 2.45) is 0 Å². The van der Waals surface area contributed by atoms with E-state index in [1.165, 1.54) is 7.05 Å². The molecule has 0 aliphatic rings. The monoisotopic (exact) mass is 63.0 g/mol. The van der Waals surface area contributed by atoms with E-state index in [0.29, 0.717) is 0 Å². The summed E-state index contributed by atoms with van der Waals surface area (Å²) < 4.78 is 0. The van der Waals surface area contributed by atoms with Gasteiger partial charge in [-0.25, -0.2) is 5.26 Å². The highest BCUT2D eigenvalue weighted by molar-refractivity contribution is 3.69. The Hall–Kier alpha value is -0.120. The average molecular weight is 63.1 g/mol. The van der Waals surface area contributed by atoms with Crippen molar-refractivity contribution in [3.8, 4) is 0 Å². The van der Waals surface area contributed by atoms with Crippen molar-refractivity contribution in [2.75, 3.05) is 7.05 Å². The minimum atomic E-state index is 1.46. The van der Waals surface area contributed by atoms with Crippen molar-refractivity contribution in [1.82, 2.24) is 5.48 Å². The molecule has 3 nitrogen and oxygen atoms in total. The number of rotatable bonds is 1. The quantitative estimate of drug-likeness (QED) is 0.321. The van der Waals surface area contributed by atoms with Gasteiger partial charge in [0, 0.05) is 7.05 Å². The lowest BCUT2D eigenvalue weighted by Gasteiger charge is -1.77. The van der Waals surface area contributed by atoms with E-state index >= 15 is 0 Å². The van der Waals surface area contributed by atoms with Crippen molar-refractivity contribution in [3.63, 3.8) is 0 Å². The van der Waals surface area contributed by atoms with Crippen LogP contribution in [0.5, 0.6) is 0 Å². The summed E-state index contributed by atoms with van der Waals surface area (Å²) in [6.45, 7) is 0. The van der Waals surface area contributed by atoms with Gasteiger partial charge in [-0.2, -0.15) is 5.48 Å². The lowest BCUT2D eigenvalue weighted by Crippen LogP contribution is -2.00. The maximum Gasteiger partial charge on any atom is 0.0125 e. The van der Waals surface area contributed by atoms with Gasteiger partial charge in [0.05, 0.1) is 0 Å². The van der Waals surface area contributed by atoms with E-state index in [1.54, 1.807) is 0 Å². The maximum atomic E-state index is 7.26. The molecule has 4 heavy (non-hydrogen) atoms. The zero-order valence-electron chi connectivity index (χ0n) is 2.36. The Labute approximate surface area is 24.1 Å². The largest absolute Gasteiger partial charge is 0.233 e. The van der Waals surface area contributed by atoms with Crippen LogP contribution in [-0.4, -0.2) is 12.3 Å². The molecule has 0 bridgehead atoms. The first-order valence-corrected chi connectivity index (χ1v) is 0.887. The zero-order valence-corrected chi connectivity index (χ0v) is 2.36. The number of hydroxylamine groups is 1. The molecule has 2 N–H and O–H groups in total. The third-order valence-corrected chi connectivity index (χ3v) is 0.0913. The highest BCUT2D eigenvalue weighted by Crippen LogP contribution is 1.30. The van der Waals surface area contributed by atoms with Crippen molar-refractivity contribution in [2.45, 2.75) is 0 Å². The fourth-order valence-corrected chi connectivity index (χ4v) is 0. The van der Waals surface area contributed by atoms with E-state index in [2.05, 4.69) is 4.99 Å². The Bertz CT molecular complexity index is 8.00. The van der Waals surface area contributed by atoms with Crippen LogP contribution in [0, 0.1) is 0 Å². The number of hydrogen-bond acceptors (Lipinski definition) is 3. The van der Waals surface area contributed by atoms with E-state index in [1.807, 2.05) is 5.48 Å². The standard InChI is InChI=1S/CH5NO2/c1-2-4-3/h2-3H,1H3. The van der Waals surface area contributed by atoms with Crippen molar-refractivity contribution < 1.29 is 10.2 Å². The maximum absolute atomic E-state index is 7.26. The Morgan fingerprint density at radius 3 is 2.25 bits per heavy atom. The number of hydrogen-bond donors (Lipinski definition) is 2. The predicted molar refractivity (Wildman–Crippen MR) is 12.8 cm³/mol. The second-order valence-corrected chi connectivity index (χ2v) is 0.295. The third kappa shape index (κ3) is 1.88. The summed E-state index contributed by atoms with van der Waals surface area (Å²) in [5, 5.41) is 7.26. The van der Waals surface area contributed by atoms with Crippen LogP contribution in [0.2, 0.25) is 0 Å². The highest BCUT2D eigenvalue weighted by atomic mass is 17.2. The minimum absolute atomic E-state index is 1.46. The molecule has 0 aliphatic carbocycles. The lowest BCUT2D eigenvalue weighted by molar-refractivity contribution is -0.285. The second kappa shape index (κ2) is 2.88. The Kier molecular flexibility index (Phi) is 2.79. The molecule has 0 radical (unpaired) electrons. The molecule has 0 saturated heterocycles. The molecule has 0 amide bonds. The summed E-state index contributed by atoms with van der Waals surface area (Å²) in [7, 11) is 1.46. The topological polar surface area (TPSA) is 41.5 Å². The molecule has 0 aliphatic heterocycles. The molecule has 0 aromatic heterocycles. The summed E-state index contributed by atoms with van der Waals surface area (Å²) in [6.07, 6.45) is 0. The molecular weight excluding hydrogens is 58.0 g/mol. The normalized spacial score (nSPS) is 7.50. The molecule has 3 heteroatoms. The first kappa shape index (κ1) is 3.88. The van der Waals surface area contributed by atoms with Crippen LogP contribution in [0.15, 0.2) is 0 Å². The van der Waals surface area contributed by atoms with Crippen LogP contribution in [0.3, 0.4) is 0 Å². The molecule has 0 rings (SSSR count). The fraction of sp³-hybridized carbons (Fsp3) is 1.00. The van der Waals surface area contributed by atoms with Gasteiger partial charge in [0.2, 0.25) is 0 Å². The molecule has 26 valence electrons. The van der Waals surface area contributed by atoms with Gasteiger partial charge in [0.1, 0.15) is 0 Å². The SMILES string of the molecule is CNOO. The van der Waals surface area contributed by atoms with Crippen LogP contribution < -0.4 is 5.48 Å². The van der Waals surface area contributed by atoms with E-state index in [0.717, 1.165) is 0 Å². The van der Waals surface area contributed by atoms with E-state index in [4.69, 9.17) is 5.26 Å². The van der Waals surface area contributed by atoms with Crippen molar-refractivity contribution in [3.05, 3.63) is 0 Å². The van der Waals surface area contributed by atoms with Gasteiger partial charge in [-0.05, 0) is 0 Å². The molecule has 0 aromatic rings. The summed E-state index contributed by atoms with van der Waals surface area (Å²) in [5.41, 5.74) is 1.99. The second-order valence-electron chi connectivity index (χ2n) is 0.295. The summed E-state index contributed by atoms with van der Waals surface area (Å²) in [6, 6.07) is 0. The molecule has 0 saturated carbocycles. The minimum Gasteiger partial charge on any atom is -0.233 e. The van der Waals surface area contributed by atoms with Gasteiger partial charge in [-0.1, -0.05) is 0 Å². The molecule has 0 aromatic carbocycles. The Morgan fingerprint density at radius 2 is 2.25 bits per heavy atom. The van der Waals surface area contributed by atoms with Gasteiger partial charge in [-0.3, -0.25) is 0 Å². The van der Waals surface area contributed by atoms with Gasteiger partial charge in [0.25, 0.3) is 0 Å². The molecule has 0 fully saturated rings. The third-order valence-electron chi connectivity index (χ3n) is 0.0913. The summed E-state index contributed by atoms with van der Waals surface area (Å²) in [4.78, 5) is 3.29. The highest BCUT2D eigenvalue weighted by Gasteiger charge is 1.48. The van der Waals surface area contributed by atoms with Crippen LogP contribution in [0.25, 0.3) is 0 Å². The predicted octanol–water partition coefficient (Wildman–Crippen LogP) is -0.390. The van der Waals surface area contributed by atoms with Crippen LogP contribution in [-0.2, 0) is 4.99 Å². The molecule has 0 atom stereocenters. The van der Waals surface area contributed by atoms with Gasteiger partial charge < -0.3 is 0 Å². The summed E-state index contributed by atoms with van der Waals surface area (Å²) in [5.74, 6) is 0.